The van der Waals surface area contributed by atoms with Gasteiger partial charge in [-0.15, -0.1) is 0 Å². The molecule has 1 N–H and O–H groups in total. The van der Waals surface area contributed by atoms with E-state index in [9.17, 15) is 0 Å². The van der Waals surface area contributed by atoms with Crippen LogP contribution < -0.4 is 10.2 Å². The molecule has 1 aromatic heterocycles. The second-order valence-electron chi connectivity index (χ2n) is 5.51. The van der Waals surface area contributed by atoms with Crippen LogP contribution in [0, 0.1) is 0 Å². The maximum absolute atomic E-state index is 6.25. The third-order valence-corrected chi connectivity index (χ3v) is 4.41. The van der Waals surface area contributed by atoms with Gasteiger partial charge in [-0.2, -0.15) is 4.98 Å². The summed E-state index contributed by atoms with van der Waals surface area (Å²) in [6.07, 6.45) is 0. The maximum atomic E-state index is 6.25. The summed E-state index contributed by atoms with van der Waals surface area (Å²) in [5, 5.41) is 5.20. The van der Waals surface area contributed by atoms with Crippen molar-refractivity contribution in [1.82, 2.24) is 9.97 Å². The summed E-state index contributed by atoms with van der Waals surface area (Å²) in [4.78, 5) is 11.6. The van der Waals surface area contributed by atoms with Crippen molar-refractivity contribution in [1.29, 1.82) is 0 Å². The number of rotatable bonds is 6. The number of para-hydroxylation sites is 1. The lowest BCUT2D eigenvalue weighted by Crippen LogP contribution is -2.24. The van der Waals surface area contributed by atoms with Crippen molar-refractivity contribution in [3.8, 4) is 0 Å². The molecule has 0 radical (unpaired) electrons. The second kappa shape index (κ2) is 7.49. The molecule has 3 aromatic rings. The summed E-state index contributed by atoms with van der Waals surface area (Å²) < 4.78 is 0. The first-order chi connectivity index (χ1) is 11.7. The Kier molecular flexibility index (Phi) is 5.16. The standard InChI is InChI=1S/C19H21ClN4/c1-3-24(4-2)19-22-17-12-8-6-10-15(17)18(23-19)21-13-14-9-5-7-11-16(14)20/h5-12H,3-4,13H2,1-2H3,(H,21,22,23). The van der Waals surface area contributed by atoms with Crippen molar-refractivity contribution in [2.45, 2.75) is 20.4 Å². The van der Waals surface area contributed by atoms with Crippen molar-refractivity contribution >= 4 is 34.3 Å². The van der Waals surface area contributed by atoms with Gasteiger partial charge in [0.1, 0.15) is 5.82 Å². The zero-order chi connectivity index (χ0) is 16.9. The van der Waals surface area contributed by atoms with E-state index in [0.29, 0.717) is 6.54 Å². The van der Waals surface area contributed by atoms with Crippen LogP contribution in [0.1, 0.15) is 19.4 Å². The Hall–Kier alpha value is -2.33. The first-order valence-corrected chi connectivity index (χ1v) is 8.59. The Labute approximate surface area is 147 Å². The van der Waals surface area contributed by atoms with Gasteiger partial charge < -0.3 is 10.2 Å². The third-order valence-electron chi connectivity index (χ3n) is 4.04. The molecule has 0 spiro atoms. The highest BCUT2D eigenvalue weighted by atomic mass is 35.5. The number of anilines is 2. The van der Waals surface area contributed by atoms with Gasteiger partial charge in [0.15, 0.2) is 0 Å². The van der Waals surface area contributed by atoms with Gasteiger partial charge in [-0.3, -0.25) is 0 Å². The highest BCUT2D eigenvalue weighted by Gasteiger charge is 2.11. The van der Waals surface area contributed by atoms with Gasteiger partial charge >= 0.3 is 0 Å². The molecule has 0 bridgehead atoms. The Bertz CT molecular complexity index is 830. The minimum Gasteiger partial charge on any atom is -0.365 e. The predicted octanol–water partition coefficient (Wildman–Crippen LogP) is 4.74. The highest BCUT2D eigenvalue weighted by molar-refractivity contribution is 6.31. The van der Waals surface area contributed by atoms with Gasteiger partial charge in [0.2, 0.25) is 5.95 Å². The summed E-state index contributed by atoms with van der Waals surface area (Å²) in [5.41, 5.74) is 1.99. The lowest BCUT2D eigenvalue weighted by atomic mass is 10.2. The molecule has 24 heavy (non-hydrogen) atoms. The van der Waals surface area contributed by atoms with Crippen LogP contribution in [0.3, 0.4) is 0 Å². The molecule has 4 nitrogen and oxygen atoms in total. The Morgan fingerprint density at radius 1 is 0.958 bits per heavy atom. The maximum Gasteiger partial charge on any atom is 0.227 e. The van der Waals surface area contributed by atoms with Crippen molar-refractivity contribution < 1.29 is 0 Å². The van der Waals surface area contributed by atoms with E-state index in [1.807, 2.05) is 48.5 Å². The van der Waals surface area contributed by atoms with E-state index in [0.717, 1.165) is 46.3 Å². The van der Waals surface area contributed by atoms with E-state index in [-0.39, 0.29) is 0 Å². The number of benzene rings is 2. The van der Waals surface area contributed by atoms with Gasteiger partial charge in [0, 0.05) is 30.0 Å². The quantitative estimate of drug-likeness (QED) is 0.703. The third kappa shape index (κ3) is 3.44. The summed E-state index contributed by atoms with van der Waals surface area (Å²) in [5.74, 6) is 1.59. The smallest absolute Gasteiger partial charge is 0.227 e. The summed E-state index contributed by atoms with van der Waals surface area (Å²) in [7, 11) is 0. The van der Waals surface area contributed by atoms with Crippen LogP contribution in [-0.2, 0) is 6.54 Å². The van der Waals surface area contributed by atoms with Crippen molar-refractivity contribution in [2.24, 2.45) is 0 Å². The number of hydrogen-bond acceptors (Lipinski definition) is 4. The number of nitrogens with one attached hydrogen (secondary N) is 1. The van der Waals surface area contributed by atoms with Gasteiger partial charge in [0.05, 0.1) is 5.52 Å². The first-order valence-electron chi connectivity index (χ1n) is 8.22. The Balaban J connectivity index is 1.97. The minimum atomic E-state index is 0.623. The van der Waals surface area contributed by atoms with E-state index in [1.54, 1.807) is 0 Å². The molecule has 124 valence electrons. The highest BCUT2D eigenvalue weighted by Crippen LogP contribution is 2.25. The molecule has 2 aromatic carbocycles. The average molecular weight is 341 g/mol. The largest absolute Gasteiger partial charge is 0.365 e. The molecule has 0 aliphatic heterocycles. The topological polar surface area (TPSA) is 41.1 Å². The van der Waals surface area contributed by atoms with Gasteiger partial charge in [0.25, 0.3) is 0 Å². The fourth-order valence-electron chi connectivity index (χ4n) is 2.67. The van der Waals surface area contributed by atoms with Crippen molar-refractivity contribution in [2.75, 3.05) is 23.3 Å². The van der Waals surface area contributed by atoms with E-state index in [2.05, 4.69) is 24.1 Å². The molecular formula is C19H21ClN4. The predicted molar refractivity (Wildman–Crippen MR) is 102 cm³/mol. The SMILES string of the molecule is CCN(CC)c1nc(NCc2ccccc2Cl)c2ccccc2n1. The minimum absolute atomic E-state index is 0.623. The molecule has 0 saturated heterocycles. The van der Waals surface area contributed by atoms with Crippen LogP contribution in [0.5, 0.6) is 0 Å². The Morgan fingerprint density at radius 3 is 2.42 bits per heavy atom. The van der Waals surface area contributed by atoms with Crippen molar-refractivity contribution in [3.05, 3.63) is 59.1 Å². The summed E-state index contributed by atoms with van der Waals surface area (Å²) in [6, 6.07) is 15.9. The zero-order valence-electron chi connectivity index (χ0n) is 14.0. The molecule has 0 aliphatic rings. The molecular weight excluding hydrogens is 320 g/mol. The normalized spacial score (nSPS) is 10.8. The summed E-state index contributed by atoms with van der Waals surface area (Å²) in [6.45, 7) is 6.59. The molecule has 0 unspecified atom stereocenters. The molecule has 0 amide bonds. The van der Waals surface area contributed by atoms with Crippen LogP contribution in [0.4, 0.5) is 11.8 Å². The average Bonchev–Trinajstić information content (AvgIpc) is 2.62. The zero-order valence-corrected chi connectivity index (χ0v) is 14.7. The molecule has 3 rings (SSSR count). The van der Waals surface area contributed by atoms with E-state index >= 15 is 0 Å². The number of halogens is 1. The van der Waals surface area contributed by atoms with E-state index < -0.39 is 0 Å². The summed E-state index contributed by atoms with van der Waals surface area (Å²) >= 11 is 6.25. The fraction of sp³-hybridized carbons (Fsp3) is 0.263. The lowest BCUT2D eigenvalue weighted by Gasteiger charge is -2.20. The Morgan fingerprint density at radius 2 is 1.67 bits per heavy atom. The molecule has 0 aliphatic carbocycles. The van der Waals surface area contributed by atoms with Gasteiger partial charge in [-0.05, 0) is 37.6 Å². The van der Waals surface area contributed by atoms with Gasteiger partial charge in [-0.25, -0.2) is 4.98 Å². The fourth-order valence-corrected chi connectivity index (χ4v) is 2.87. The lowest BCUT2D eigenvalue weighted by molar-refractivity contribution is 0.826. The number of aromatic nitrogens is 2. The number of fused-ring (bicyclic) bond motifs is 1. The first kappa shape index (κ1) is 16.5. The van der Waals surface area contributed by atoms with Crippen LogP contribution >= 0.6 is 11.6 Å². The van der Waals surface area contributed by atoms with Crippen LogP contribution in [0.2, 0.25) is 5.02 Å². The van der Waals surface area contributed by atoms with Crippen molar-refractivity contribution in [3.63, 3.8) is 0 Å². The molecule has 5 heteroatoms. The number of nitrogens with zero attached hydrogens (tertiary/aromatic N) is 3. The van der Waals surface area contributed by atoms with Crippen LogP contribution in [0.25, 0.3) is 10.9 Å². The number of hydrogen-bond donors (Lipinski definition) is 1. The molecule has 0 saturated carbocycles. The molecule has 0 fully saturated rings. The monoisotopic (exact) mass is 340 g/mol. The van der Waals surface area contributed by atoms with E-state index in [1.165, 1.54) is 0 Å². The van der Waals surface area contributed by atoms with Crippen LogP contribution in [0.15, 0.2) is 48.5 Å². The van der Waals surface area contributed by atoms with Crippen LogP contribution in [-0.4, -0.2) is 23.1 Å². The molecule has 1 heterocycles. The molecule has 0 atom stereocenters. The van der Waals surface area contributed by atoms with E-state index in [4.69, 9.17) is 21.6 Å². The second-order valence-corrected chi connectivity index (χ2v) is 5.91. The van der Waals surface area contributed by atoms with Gasteiger partial charge in [-0.1, -0.05) is 41.9 Å².